The summed E-state index contributed by atoms with van der Waals surface area (Å²) in [5.41, 5.74) is 2.33. The highest BCUT2D eigenvalue weighted by Crippen LogP contribution is 2.20. The fraction of sp³-hybridized carbons (Fsp3) is 0.733. The molecule has 4 heteroatoms. The van der Waals surface area contributed by atoms with Crippen LogP contribution in [0.1, 0.15) is 56.9 Å². The second-order valence-electron chi connectivity index (χ2n) is 5.61. The summed E-state index contributed by atoms with van der Waals surface area (Å²) in [7, 11) is 0. The van der Waals surface area contributed by atoms with Crippen LogP contribution < -0.4 is 5.32 Å². The number of hydrogen-bond acceptors (Lipinski definition) is 4. The number of nitrogens with one attached hydrogen (secondary N) is 1. The molecule has 2 rings (SSSR count). The maximum Gasteiger partial charge on any atom is 0.145 e. The third-order valence-corrected chi connectivity index (χ3v) is 3.84. The minimum absolute atomic E-state index is 0.311. The number of nitrogens with zero attached hydrogens (tertiary/aromatic N) is 3. The van der Waals surface area contributed by atoms with E-state index in [1.807, 2.05) is 0 Å². The predicted octanol–water partition coefficient (Wildman–Crippen LogP) is 2.13. The number of hydrogen-bond donors (Lipinski definition) is 1. The number of rotatable bonds is 4. The molecular weight excluding hydrogens is 236 g/mol. The summed E-state index contributed by atoms with van der Waals surface area (Å²) < 4.78 is 0. The summed E-state index contributed by atoms with van der Waals surface area (Å²) >= 11 is 0. The van der Waals surface area contributed by atoms with Gasteiger partial charge in [0.05, 0.1) is 6.04 Å². The maximum absolute atomic E-state index is 4.78. The summed E-state index contributed by atoms with van der Waals surface area (Å²) in [6, 6.07) is 2.46. The molecule has 1 fully saturated rings. The first-order chi connectivity index (χ1) is 9.11. The summed E-state index contributed by atoms with van der Waals surface area (Å²) in [6.07, 6.45) is 0.976. The molecule has 0 radical (unpaired) electrons. The molecule has 1 saturated heterocycles. The summed E-state index contributed by atoms with van der Waals surface area (Å²) in [5.74, 6) is 1.45. The Morgan fingerprint density at radius 1 is 1.21 bits per heavy atom. The molecule has 19 heavy (non-hydrogen) atoms. The van der Waals surface area contributed by atoms with Crippen LogP contribution in [-0.2, 0) is 6.42 Å². The van der Waals surface area contributed by atoms with Crippen molar-refractivity contribution in [1.82, 2.24) is 20.2 Å². The maximum atomic E-state index is 4.78. The lowest BCUT2D eigenvalue weighted by Crippen LogP contribution is -2.44. The van der Waals surface area contributed by atoms with Crippen LogP contribution in [0.2, 0.25) is 0 Å². The molecular formula is C15H26N4. The third kappa shape index (κ3) is 3.51. The summed E-state index contributed by atoms with van der Waals surface area (Å²) in [5, 5.41) is 3.39. The van der Waals surface area contributed by atoms with Crippen molar-refractivity contribution < 1.29 is 0 Å². The van der Waals surface area contributed by atoms with Gasteiger partial charge in [-0.25, -0.2) is 9.97 Å². The monoisotopic (exact) mass is 262 g/mol. The molecule has 0 spiro atoms. The van der Waals surface area contributed by atoms with Gasteiger partial charge < -0.3 is 5.32 Å². The van der Waals surface area contributed by atoms with E-state index in [1.54, 1.807) is 0 Å². The van der Waals surface area contributed by atoms with E-state index in [4.69, 9.17) is 9.97 Å². The van der Waals surface area contributed by atoms with Crippen molar-refractivity contribution in [2.45, 2.75) is 46.1 Å². The van der Waals surface area contributed by atoms with Crippen LogP contribution in [0.25, 0.3) is 0 Å². The second-order valence-corrected chi connectivity index (χ2v) is 5.61. The molecule has 0 bridgehead atoms. The van der Waals surface area contributed by atoms with Crippen molar-refractivity contribution in [2.24, 2.45) is 0 Å². The van der Waals surface area contributed by atoms with Gasteiger partial charge in [-0.1, -0.05) is 20.8 Å². The molecule has 106 valence electrons. The van der Waals surface area contributed by atoms with E-state index in [1.165, 1.54) is 5.69 Å². The zero-order valence-electron chi connectivity index (χ0n) is 12.6. The lowest BCUT2D eigenvalue weighted by Gasteiger charge is -2.32. The minimum Gasteiger partial charge on any atom is -0.314 e. The third-order valence-electron chi connectivity index (χ3n) is 3.84. The molecule has 1 aromatic heterocycles. The van der Waals surface area contributed by atoms with Crippen LogP contribution in [0.4, 0.5) is 0 Å². The van der Waals surface area contributed by atoms with E-state index in [9.17, 15) is 0 Å². The Balaban J connectivity index is 2.24. The van der Waals surface area contributed by atoms with Crippen LogP contribution in [0.3, 0.4) is 0 Å². The van der Waals surface area contributed by atoms with Crippen molar-refractivity contribution in [2.75, 3.05) is 26.2 Å². The molecule has 1 unspecified atom stereocenters. The minimum atomic E-state index is 0.311. The number of piperazine rings is 1. The zero-order valence-corrected chi connectivity index (χ0v) is 12.6. The quantitative estimate of drug-likeness (QED) is 0.902. The van der Waals surface area contributed by atoms with Gasteiger partial charge in [-0.15, -0.1) is 0 Å². The van der Waals surface area contributed by atoms with Gasteiger partial charge in [0.2, 0.25) is 0 Å². The van der Waals surface area contributed by atoms with Crippen molar-refractivity contribution in [1.29, 1.82) is 0 Å². The Morgan fingerprint density at radius 2 is 1.89 bits per heavy atom. The van der Waals surface area contributed by atoms with E-state index in [0.717, 1.165) is 44.1 Å². The first-order valence-electron chi connectivity index (χ1n) is 7.44. The molecule has 0 amide bonds. The first-order valence-corrected chi connectivity index (χ1v) is 7.44. The van der Waals surface area contributed by atoms with Crippen LogP contribution in [0.15, 0.2) is 6.07 Å². The van der Waals surface area contributed by atoms with E-state index < -0.39 is 0 Å². The van der Waals surface area contributed by atoms with Gasteiger partial charge in [-0.2, -0.15) is 0 Å². The summed E-state index contributed by atoms with van der Waals surface area (Å²) in [4.78, 5) is 12.0. The molecule has 1 aliphatic rings. The lowest BCUT2D eigenvalue weighted by molar-refractivity contribution is 0.178. The molecule has 0 aliphatic carbocycles. The molecule has 0 saturated carbocycles. The van der Waals surface area contributed by atoms with Gasteiger partial charge in [0.25, 0.3) is 0 Å². The fourth-order valence-electron chi connectivity index (χ4n) is 2.44. The van der Waals surface area contributed by atoms with Gasteiger partial charge >= 0.3 is 0 Å². The number of aryl methyl sites for hydroxylation is 1. The first kappa shape index (κ1) is 14.4. The highest BCUT2D eigenvalue weighted by atomic mass is 15.2. The lowest BCUT2D eigenvalue weighted by atomic mass is 10.1. The van der Waals surface area contributed by atoms with E-state index in [0.29, 0.717) is 12.0 Å². The van der Waals surface area contributed by atoms with Gasteiger partial charge in [0.1, 0.15) is 5.82 Å². The van der Waals surface area contributed by atoms with E-state index >= 15 is 0 Å². The van der Waals surface area contributed by atoms with Crippen LogP contribution in [0.5, 0.6) is 0 Å². The average Bonchev–Trinajstić information content (AvgIpc) is 2.46. The molecule has 1 aromatic rings. The second kappa shape index (κ2) is 6.44. The normalized spacial score (nSPS) is 18.8. The molecule has 1 N–H and O–H groups in total. The Hall–Kier alpha value is -1.00. The van der Waals surface area contributed by atoms with Gasteiger partial charge in [-0.05, 0) is 25.3 Å². The highest BCUT2D eigenvalue weighted by molar-refractivity contribution is 5.15. The van der Waals surface area contributed by atoms with Gasteiger partial charge in [0.15, 0.2) is 0 Å². The Kier molecular flexibility index (Phi) is 4.88. The van der Waals surface area contributed by atoms with Crippen LogP contribution in [-0.4, -0.2) is 41.0 Å². The fourth-order valence-corrected chi connectivity index (χ4v) is 2.44. The van der Waals surface area contributed by atoms with Crippen molar-refractivity contribution in [3.05, 3.63) is 23.3 Å². The van der Waals surface area contributed by atoms with Crippen molar-refractivity contribution in [3.63, 3.8) is 0 Å². The Morgan fingerprint density at radius 3 is 2.47 bits per heavy atom. The Labute approximate surface area is 116 Å². The highest BCUT2D eigenvalue weighted by Gasteiger charge is 2.21. The van der Waals surface area contributed by atoms with Gasteiger partial charge in [0, 0.05) is 37.6 Å². The molecule has 1 aliphatic heterocycles. The standard InChI is InChI=1S/C15H26N4/c1-5-13-10-14(11(2)3)18-15(17-13)12(4)19-8-6-16-7-9-19/h10-12,16H,5-9H2,1-4H3. The van der Waals surface area contributed by atoms with Gasteiger partial charge in [-0.3, -0.25) is 4.90 Å². The van der Waals surface area contributed by atoms with Crippen LogP contribution in [0, 0.1) is 0 Å². The average molecular weight is 262 g/mol. The molecule has 2 heterocycles. The zero-order chi connectivity index (χ0) is 13.8. The van der Waals surface area contributed by atoms with E-state index in [-0.39, 0.29) is 0 Å². The molecule has 4 nitrogen and oxygen atoms in total. The number of aromatic nitrogens is 2. The van der Waals surface area contributed by atoms with E-state index in [2.05, 4.69) is 44.0 Å². The molecule has 1 atom stereocenters. The Bertz CT molecular complexity index is 411. The van der Waals surface area contributed by atoms with Crippen LogP contribution >= 0.6 is 0 Å². The SMILES string of the molecule is CCc1cc(C(C)C)nc(C(C)N2CCNCC2)n1. The van der Waals surface area contributed by atoms with Crippen molar-refractivity contribution >= 4 is 0 Å². The molecule has 0 aromatic carbocycles. The smallest absolute Gasteiger partial charge is 0.145 e. The van der Waals surface area contributed by atoms with Crippen molar-refractivity contribution in [3.8, 4) is 0 Å². The predicted molar refractivity (Wildman–Crippen MR) is 78.4 cm³/mol. The summed E-state index contributed by atoms with van der Waals surface area (Å²) in [6.45, 7) is 13.1. The topological polar surface area (TPSA) is 41.1 Å². The largest absolute Gasteiger partial charge is 0.314 e.